The van der Waals surface area contributed by atoms with Gasteiger partial charge in [0.2, 0.25) is 10.0 Å². The molecule has 0 aromatic heterocycles. The van der Waals surface area contributed by atoms with Crippen molar-refractivity contribution in [1.82, 2.24) is 4.31 Å². The van der Waals surface area contributed by atoms with E-state index in [1.54, 1.807) is 0 Å². The van der Waals surface area contributed by atoms with Crippen LogP contribution < -0.4 is 0 Å². The summed E-state index contributed by atoms with van der Waals surface area (Å²) in [5.74, 6) is -0.217. The third-order valence-corrected chi connectivity index (χ3v) is 8.29. The van der Waals surface area contributed by atoms with Gasteiger partial charge in [-0.25, -0.2) is 16.8 Å². The van der Waals surface area contributed by atoms with Gasteiger partial charge >= 0.3 is 0 Å². The number of hydrogen-bond donors (Lipinski definition) is 1. The second-order valence-electron chi connectivity index (χ2n) is 5.20. The number of aliphatic hydroxyl groups excluding tert-OH is 1. The van der Waals surface area contributed by atoms with Crippen LogP contribution in [0.3, 0.4) is 0 Å². The second-order valence-corrected chi connectivity index (χ2v) is 9.59. The summed E-state index contributed by atoms with van der Waals surface area (Å²) in [6.07, 6.45) is 0.887. The van der Waals surface area contributed by atoms with Crippen LogP contribution in [0.5, 0.6) is 0 Å². The maximum absolute atomic E-state index is 12.4. The molecule has 2 heterocycles. The Balaban J connectivity index is 2.22. The monoisotopic (exact) mass is 297 g/mol. The topological polar surface area (TPSA) is 91.8 Å². The number of hydrogen-bond acceptors (Lipinski definition) is 5. The minimum atomic E-state index is -3.61. The fourth-order valence-electron chi connectivity index (χ4n) is 2.75. The highest BCUT2D eigenvalue weighted by atomic mass is 32.2. The van der Waals surface area contributed by atoms with Crippen LogP contribution >= 0.6 is 0 Å². The lowest BCUT2D eigenvalue weighted by Crippen LogP contribution is -2.45. The molecule has 106 valence electrons. The first-order valence-corrected chi connectivity index (χ1v) is 9.42. The summed E-state index contributed by atoms with van der Waals surface area (Å²) in [7, 11) is -6.82. The summed E-state index contributed by atoms with van der Waals surface area (Å²) in [5, 5.41) is 8.46. The lowest BCUT2D eigenvalue weighted by molar-refractivity contribution is 0.190. The molecule has 2 aliphatic heterocycles. The van der Waals surface area contributed by atoms with Crippen molar-refractivity contribution in [2.24, 2.45) is 5.92 Å². The standard InChI is InChI=1S/C10H19NO5S2/c1-8-2-4-11(10(8)6-12)18(15,16)9-3-5-17(13,14)7-9/h8-10,12H,2-7H2,1H3. The average molecular weight is 297 g/mol. The molecule has 2 aliphatic rings. The molecule has 0 amide bonds. The molecule has 0 aromatic carbocycles. The van der Waals surface area contributed by atoms with Gasteiger partial charge in [0.25, 0.3) is 0 Å². The zero-order valence-electron chi connectivity index (χ0n) is 10.3. The largest absolute Gasteiger partial charge is 0.395 e. The maximum Gasteiger partial charge on any atom is 0.218 e. The third-order valence-electron chi connectivity index (χ3n) is 3.96. The Labute approximate surface area is 108 Å². The van der Waals surface area contributed by atoms with Crippen LogP contribution in [-0.4, -0.2) is 62.2 Å². The first-order valence-electron chi connectivity index (χ1n) is 6.10. The summed E-state index contributed by atoms with van der Waals surface area (Å²) in [6.45, 7) is 2.08. The van der Waals surface area contributed by atoms with E-state index >= 15 is 0 Å². The van der Waals surface area contributed by atoms with E-state index in [2.05, 4.69) is 0 Å². The van der Waals surface area contributed by atoms with Gasteiger partial charge in [-0.1, -0.05) is 6.92 Å². The molecular formula is C10H19NO5S2. The summed E-state index contributed by atoms with van der Waals surface area (Å²) in [5.41, 5.74) is 0. The normalized spacial score (nSPS) is 37.1. The molecular weight excluding hydrogens is 278 g/mol. The molecule has 1 N–H and O–H groups in total. The van der Waals surface area contributed by atoms with Crippen LogP contribution in [0.2, 0.25) is 0 Å². The first kappa shape index (κ1) is 14.2. The SMILES string of the molecule is CC1CCN(S(=O)(=O)C2CCS(=O)(=O)C2)C1CO. The molecule has 0 saturated carbocycles. The molecule has 0 aromatic rings. The van der Waals surface area contributed by atoms with E-state index in [0.29, 0.717) is 13.0 Å². The zero-order chi connectivity index (χ0) is 13.6. The minimum Gasteiger partial charge on any atom is -0.395 e. The van der Waals surface area contributed by atoms with Crippen LogP contribution in [0, 0.1) is 5.92 Å². The quantitative estimate of drug-likeness (QED) is 0.737. The summed E-state index contributed by atoms with van der Waals surface area (Å²) in [4.78, 5) is 0. The highest BCUT2D eigenvalue weighted by molar-refractivity contribution is 7.95. The van der Waals surface area contributed by atoms with Crippen molar-refractivity contribution in [2.75, 3.05) is 24.7 Å². The number of rotatable bonds is 3. The van der Waals surface area contributed by atoms with E-state index in [4.69, 9.17) is 0 Å². The molecule has 6 nitrogen and oxygen atoms in total. The molecule has 3 atom stereocenters. The van der Waals surface area contributed by atoms with Gasteiger partial charge in [0.05, 0.1) is 29.4 Å². The van der Waals surface area contributed by atoms with Crippen LogP contribution in [0.25, 0.3) is 0 Å². The van der Waals surface area contributed by atoms with Gasteiger partial charge in [-0.15, -0.1) is 0 Å². The lowest BCUT2D eigenvalue weighted by Gasteiger charge is -2.27. The minimum absolute atomic E-state index is 0.0515. The van der Waals surface area contributed by atoms with Gasteiger partial charge in [0.15, 0.2) is 9.84 Å². The van der Waals surface area contributed by atoms with Crippen molar-refractivity contribution in [3.05, 3.63) is 0 Å². The smallest absolute Gasteiger partial charge is 0.218 e. The average Bonchev–Trinajstić information content (AvgIpc) is 2.81. The summed E-state index contributed by atoms with van der Waals surface area (Å²) < 4.78 is 48.9. The van der Waals surface area contributed by atoms with Gasteiger partial charge in [-0.2, -0.15) is 4.31 Å². The van der Waals surface area contributed by atoms with Crippen molar-refractivity contribution >= 4 is 19.9 Å². The third kappa shape index (κ3) is 2.43. The highest BCUT2D eigenvalue weighted by Crippen LogP contribution is 2.31. The molecule has 2 fully saturated rings. The Morgan fingerprint density at radius 1 is 1.33 bits per heavy atom. The Kier molecular flexibility index (Phi) is 3.74. The first-order chi connectivity index (χ1) is 8.28. The maximum atomic E-state index is 12.4. The van der Waals surface area contributed by atoms with Gasteiger partial charge in [-0.05, 0) is 18.8 Å². The van der Waals surface area contributed by atoms with Crippen LogP contribution in [0.1, 0.15) is 19.8 Å². The molecule has 2 rings (SSSR count). The number of nitrogens with zero attached hydrogens (tertiary/aromatic N) is 1. The van der Waals surface area contributed by atoms with Crippen molar-refractivity contribution < 1.29 is 21.9 Å². The zero-order valence-corrected chi connectivity index (χ0v) is 12.0. The molecule has 8 heteroatoms. The van der Waals surface area contributed by atoms with E-state index in [9.17, 15) is 21.9 Å². The number of sulfonamides is 1. The predicted molar refractivity (Wildman–Crippen MR) is 67.3 cm³/mol. The molecule has 3 unspecified atom stereocenters. The van der Waals surface area contributed by atoms with Crippen molar-refractivity contribution in [1.29, 1.82) is 0 Å². The van der Waals surface area contributed by atoms with E-state index in [-0.39, 0.29) is 30.5 Å². The van der Waals surface area contributed by atoms with Crippen molar-refractivity contribution in [2.45, 2.75) is 31.1 Å². The number of sulfone groups is 1. The van der Waals surface area contributed by atoms with Crippen LogP contribution in [-0.2, 0) is 19.9 Å². The van der Waals surface area contributed by atoms with Gasteiger partial charge in [0.1, 0.15) is 0 Å². The molecule has 2 saturated heterocycles. The van der Waals surface area contributed by atoms with Gasteiger partial charge in [0, 0.05) is 6.54 Å². The van der Waals surface area contributed by atoms with E-state index in [1.807, 2.05) is 6.92 Å². The molecule has 0 radical (unpaired) electrons. The van der Waals surface area contributed by atoms with Crippen molar-refractivity contribution in [3.8, 4) is 0 Å². The van der Waals surface area contributed by atoms with E-state index < -0.39 is 31.2 Å². The Bertz CT molecular complexity index is 512. The van der Waals surface area contributed by atoms with Gasteiger partial charge in [-0.3, -0.25) is 0 Å². The molecule has 0 spiro atoms. The summed E-state index contributed by atoms with van der Waals surface area (Å²) in [6, 6.07) is -0.404. The number of aliphatic hydroxyl groups is 1. The predicted octanol–water partition coefficient (Wildman–Crippen LogP) is -0.794. The van der Waals surface area contributed by atoms with E-state index in [0.717, 1.165) is 0 Å². The van der Waals surface area contributed by atoms with Gasteiger partial charge < -0.3 is 5.11 Å². The second kappa shape index (κ2) is 4.73. The van der Waals surface area contributed by atoms with E-state index in [1.165, 1.54) is 4.31 Å². The fourth-order valence-corrected chi connectivity index (χ4v) is 7.56. The Morgan fingerprint density at radius 3 is 2.50 bits per heavy atom. The highest BCUT2D eigenvalue weighted by Gasteiger charge is 2.45. The fraction of sp³-hybridized carbons (Fsp3) is 1.00. The Hall–Kier alpha value is -0.180. The molecule has 0 bridgehead atoms. The Morgan fingerprint density at radius 2 is 2.00 bits per heavy atom. The van der Waals surface area contributed by atoms with Crippen LogP contribution in [0.4, 0.5) is 0 Å². The summed E-state index contributed by atoms with van der Waals surface area (Å²) >= 11 is 0. The molecule has 18 heavy (non-hydrogen) atoms. The molecule has 0 aliphatic carbocycles. The van der Waals surface area contributed by atoms with Crippen molar-refractivity contribution in [3.63, 3.8) is 0 Å². The van der Waals surface area contributed by atoms with Crippen LogP contribution in [0.15, 0.2) is 0 Å². The lowest BCUT2D eigenvalue weighted by atomic mass is 10.0.